The summed E-state index contributed by atoms with van der Waals surface area (Å²) in [7, 11) is 2.70. The molecule has 138 valence electrons. The fourth-order valence-corrected chi connectivity index (χ4v) is 2.81. The van der Waals surface area contributed by atoms with Crippen molar-refractivity contribution in [1.29, 1.82) is 0 Å². The van der Waals surface area contributed by atoms with E-state index in [4.69, 9.17) is 21.1 Å². The van der Waals surface area contributed by atoms with Crippen LogP contribution in [0.4, 0.5) is 5.69 Å². The first-order chi connectivity index (χ1) is 12.4. The van der Waals surface area contributed by atoms with Crippen LogP contribution in [0.3, 0.4) is 0 Å². The standard InChI is InChI=1S/C16H16ClN3O5S/c1-24-15(25-2)13-11(14(22)23)7-18-16(20-13)26-8-12(21)19-10-5-3-4-9(17)6-10/h3-7,15H,8H2,1-2H3,(H,19,21)(H,22,23)/p-1. The maximum absolute atomic E-state index is 12.0. The number of aromatic carboxylic acids is 1. The Morgan fingerprint density at radius 3 is 2.69 bits per heavy atom. The maximum Gasteiger partial charge on any atom is 0.234 e. The van der Waals surface area contributed by atoms with Crippen LogP contribution in [0.2, 0.25) is 5.02 Å². The van der Waals surface area contributed by atoms with Gasteiger partial charge in [0.15, 0.2) is 5.16 Å². The van der Waals surface area contributed by atoms with Crippen molar-refractivity contribution in [3.63, 3.8) is 0 Å². The van der Waals surface area contributed by atoms with Crippen LogP contribution in [-0.2, 0) is 14.3 Å². The van der Waals surface area contributed by atoms with Crippen LogP contribution >= 0.6 is 23.4 Å². The van der Waals surface area contributed by atoms with E-state index in [2.05, 4.69) is 15.3 Å². The van der Waals surface area contributed by atoms with Crippen molar-refractivity contribution in [3.05, 3.63) is 46.7 Å². The molecule has 1 amide bonds. The van der Waals surface area contributed by atoms with Gasteiger partial charge in [-0.05, 0) is 18.2 Å². The molecule has 1 aromatic carbocycles. The van der Waals surface area contributed by atoms with Crippen molar-refractivity contribution < 1.29 is 24.2 Å². The monoisotopic (exact) mass is 396 g/mol. The Labute approximate surface area is 158 Å². The second-order valence-electron chi connectivity index (χ2n) is 4.89. The van der Waals surface area contributed by atoms with Crippen LogP contribution in [0.1, 0.15) is 22.3 Å². The van der Waals surface area contributed by atoms with E-state index >= 15 is 0 Å². The maximum atomic E-state index is 12.0. The van der Waals surface area contributed by atoms with Crippen molar-refractivity contribution in [2.45, 2.75) is 11.4 Å². The molecule has 0 aliphatic rings. The van der Waals surface area contributed by atoms with Gasteiger partial charge in [0.1, 0.15) is 5.69 Å². The Kier molecular flexibility index (Phi) is 7.34. The zero-order chi connectivity index (χ0) is 19.1. The van der Waals surface area contributed by atoms with Crippen LogP contribution in [0.15, 0.2) is 35.6 Å². The summed E-state index contributed by atoms with van der Waals surface area (Å²) in [6.45, 7) is 0. The number of methoxy groups -OCH3 is 2. The van der Waals surface area contributed by atoms with Gasteiger partial charge in [-0.1, -0.05) is 29.4 Å². The average molecular weight is 397 g/mol. The Morgan fingerprint density at radius 1 is 1.35 bits per heavy atom. The largest absolute Gasteiger partial charge is 0.545 e. The fraction of sp³-hybridized carbons (Fsp3) is 0.250. The Morgan fingerprint density at radius 2 is 2.08 bits per heavy atom. The molecule has 8 nitrogen and oxygen atoms in total. The van der Waals surface area contributed by atoms with Gasteiger partial charge in [-0.3, -0.25) is 4.79 Å². The number of ether oxygens (including phenoxy) is 2. The summed E-state index contributed by atoms with van der Waals surface area (Å²) in [4.78, 5) is 31.2. The first-order valence-corrected chi connectivity index (χ1v) is 8.63. The SMILES string of the molecule is COC(OC)c1nc(SCC(=O)Nc2cccc(Cl)c2)ncc1C(=O)[O-]. The van der Waals surface area contributed by atoms with Gasteiger partial charge in [0, 0.05) is 36.7 Å². The van der Waals surface area contributed by atoms with E-state index in [-0.39, 0.29) is 28.1 Å². The molecule has 0 saturated heterocycles. The lowest BCUT2D eigenvalue weighted by atomic mass is 10.2. The molecule has 0 saturated carbocycles. The van der Waals surface area contributed by atoms with Gasteiger partial charge < -0.3 is 24.7 Å². The van der Waals surface area contributed by atoms with Crippen LogP contribution in [0, 0.1) is 0 Å². The first kappa shape index (κ1) is 20.1. The molecule has 0 fully saturated rings. The molecule has 0 unspecified atom stereocenters. The number of anilines is 1. The third-order valence-corrected chi connectivity index (χ3v) is 4.20. The summed E-state index contributed by atoms with van der Waals surface area (Å²) >= 11 is 6.90. The number of halogens is 1. The van der Waals surface area contributed by atoms with Crippen LogP contribution in [-0.4, -0.2) is 41.8 Å². The number of carboxylic acids is 1. The zero-order valence-corrected chi connectivity index (χ0v) is 15.5. The molecule has 1 aromatic heterocycles. The van der Waals surface area contributed by atoms with Crippen LogP contribution in [0.25, 0.3) is 0 Å². The lowest BCUT2D eigenvalue weighted by molar-refractivity contribution is -0.255. The molecule has 2 aromatic rings. The summed E-state index contributed by atoms with van der Waals surface area (Å²) in [5.74, 6) is -1.72. The van der Waals surface area contributed by atoms with Gasteiger partial charge in [0.2, 0.25) is 12.2 Å². The normalized spacial score (nSPS) is 10.8. The van der Waals surface area contributed by atoms with E-state index in [9.17, 15) is 14.7 Å². The minimum absolute atomic E-state index is 0.0151. The number of amides is 1. The highest BCUT2D eigenvalue weighted by atomic mass is 35.5. The Bertz CT molecular complexity index is 801. The molecule has 0 aliphatic heterocycles. The molecule has 0 spiro atoms. The van der Waals surface area contributed by atoms with Crippen molar-refractivity contribution in [3.8, 4) is 0 Å². The van der Waals surface area contributed by atoms with Crippen molar-refractivity contribution >= 4 is 40.9 Å². The van der Waals surface area contributed by atoms with E-state index < -0.39 is 12.3 Å². The molecular weight excluding hydrogens is 382 g/mol. The van der Waals surface area contributed by atoms with Gasteiger partial charge in [-0.25, -0.2) is 9.97 Å². The topological polar surface area (TPSA) is 113 Å². The number of aromatic nitrogens is 2. The quantitative estimate of drug-likeness (QED) is 0.406. The number of nitrogens with one attached hydrogen (secondary N) is 1. The van der Waals surface area contributed by atoms with Gasteiger partial charge in [-0.15, -0.1) is 0 Å². The number of hydrogen-bond acceptors (Lipinski definition) is 8. The van der Waals surface area contributed by atoms with Crippen molar-refractivity contribution in [1.82, 2.24) is 9.97 Å². The second-order valence-corrected chi connectivity index (χ2v) is 6.27. The summed E-state index contributed by atoms with van der Waals surface area (Å²) < 4.78 is 10.1. The predicted molar refractivity (Wildman–Crippen MR) is 93.9 cm³/mol. The Hall–Kier alpha value is -2.20. The number of thioether (sulfide) groups is 1. The fourth-order valence-electron chi connectivity index (χ4n) is 2.00. The minimum Gasteiger partial charge on any atom is -0.545 e. The number of hydrogen-bond donors (Lipinski definition) is 1. The van der Waals surface area contributed by atoms with E-state index in [1.165, 1.54) is 14.2 Å². The Balaban J connectivity index is 2.08. The third kappa shape index (κ3) is 5.40. The lowest BCUT2D eigenvalue weighted by Crippen LogP contribution is -2.26. The van der Waals surface area contributed by atoms with Crippen LogP contribution in [0.5, 0.6) is 0 Å². The highest BCUT2D eigenvalue weighted by Crippen LogP contribution is 2.22. The summed E-state index contributed by atoms with van der Waals surface area (Å²) in [6, 6.07) is 6.74. The molecule has 0 atom stereocenters. The number of carbonyl (C=O) groups excluding carboxylic acids is 2. The minimum atomic E-state index is -1.45. The number of carboxylic acid groups (broad SMARTS) is 1. The molecular formula is C16H15ClN3O5S-. The smallest absolute Gasteiger partial charge is 0.234 e. The second kappa shape index (κ2) is 9.48. The van der Waals surface area contributed by atoms with E-state index in [0.29, 0.717) is 10.7 Å². The van der Waals surface area contributed by atoms with Gasteiger partial charge in [0.05, 0.1) is 11.7 Å². The van der Waals surface area contributed by atoms with E-state index in [0.717, 1.165) is 18.0 Å². The van der Waals surface area contributed by atoms with Gasteiger partial charge in [0.25, 0.3) is 0 Å². The third-order valence-electron chi connectivity index (χ3n) is 3.11. The molecule has 26 heavy (non-hydrogen) atoms. The van der Waals surface area contributed by atoms with Crippen molar-refractivity contribution in [2.24, 2.45) is 0 Å². The summed E-state index contributed by atoms with van der Waals surface area (Å²) in [6.07, 6.45) is 0.102. The molecule has 1 heterocycles. The van der Waals surface area contributed by atoms with Crippen molar-refractivity contribution in [2.75, 3.05) is 25.3 Å². The highest BCUT2D eigenvalue weighted by Gasteiger charge is 2.19. The number of carbonyl (C=O) groups is 2. The molecule has 0 bridgehead atoms. The predicted octanol–water partition coefficient (Wildman–Crippen LogP) is 1.52. The summed E-state index contributed by atoms with van der Waals surface area (Å²) in [5.41, 5.74) is 0.338. The molecule has 0 radical (unpaired) electrons. The molecule has 1 N–H and O–H groups in total. The zero-order valence-electron chi connectivity index (χ0n) is 13.9. The number of nitrogens with zero attached hydrogens (tertiary/aromatic N) is 2. The van der Waals surface area contributed by atoms with Gasteiger partial charge >= 0.3 is 0 Å². The van der Waals surface area contributed by atoms with E-state index in [1.807, 2.05) is 0 Å². The molecule has 2 rings (SSSR count). The number of benzene rings is 1. The van der Waals surface area contributed by atoms with Gasteiger partial charge in [-0.2, -0.15) is 0 Å². The van der Waals surface area contributed by atoms with E-state index in [1.54, 1.807) is 24.3 Å². The highest BCUT2D eigenvalue weighted by molar-refractivity contribution is 7.99. The summed E-state index contributed by atoms with van der Waals surface area (Å²) in [5, 5.41) is 14.6. The average Bonchev–Trinajstić information content (AvgIpc) is 2.61. The number of rotatable bonds is 8. The first-order valence-electron chi connectivity index (χ1n) is 7.26. The lowest BCUT2D eigenvalue weighted by Gasteiger charge is -2.17. The molecule has 0 aliphatic carbocycles. The van der Waals surface area contributed by atoms with Crippen LogP contribution < -0.4 is 10.4 Å². The molecule has 10 heteroatoms.